The Kier molecular flexibility index (Phi) is 7.85. The number of nitrogens with zero attached hydrogens (tertiary/aromatic N) is 1. The molecule has 1 heterocycles. The van der Waals surface area contributed by atoms with Crippen LogP contribution in [-0.4, -0.2) is 0 Å². The number of furan rings is 1. The standard InChI is InChI=1S/C52H35NO/c1-3-15-36(16-4-1)40-21-13-22-41(35-40)45-24-9-11-27-48(45)53(42-31-29-39(30-32-42)44-26-14-20-37-19-7-8-23-43(37)44)49-34-33-46(38-17-5-2-6-18-38)52-51(49)47-25-10-12-28-50(47)54-52/h1-35H. The second-order valence-corrected chi connectivity index (χ2v) is 13.7. The van der Waals surface area contributed by atoms with Gasteiger partial charge >= 0.3 is 0 Å². The van der Waals surface area contributed by atoms with Gasteiger partial charge in [0.05, 0.1) is 16.8 Å². The summed E-state index contributed by atoms with van der Waals surface area (Å²) in [5, 5.41) is 4.65. The highest BCUT2D eigenvalue weighted by Crippen LogP contribution is 2.48. The molecule has 254 valence electrons. The summed E-state index contributed by atoms with van der Waals surface area (Å²) in [5.41, 5.74) is 14.2. The molecule has 0 bridgehead atoms. The lowest BCUT2D eigenvalue weighted by Gasteiger charge is -2.29. The molecule has 0 spiro atoms. The van der Waals surface area contributed by atoms with Crippen LogP contribution >= 0.6 is 0 Å². The molecule has 10 aromatic rings. The van der Waals surface area contributed by atoms with Crippen molar-refractivity contribution < 1.29 is 4.42 Å². The zero-order valence-corrected chi connectivity index (χ0v) is 29.6. The molecule has 0 saturated carbocycles. The van der Waals surface area contributed by atoms with Gasteiger partial charge in [0.2, 0.25) is 0 Å². The van der Waals surface area contributed by atoms with Crippen LogP contribution in [0.1, 0.15) is 0 Å². The largest absolute Gasteiger partial charge is 0.455 e. The van der Waals surface area contributed by atoms with Gasteiger partial charge in [-0.2, -0.15) is 0 Å². The van der Waals surface area contributed by atoms with Gasteiger partial charge in [0.25, 0.3) is 0 Å². The number of hydrogen-bond donors (Lipinski definition) is 0. The third kappa shape index (κ3) is 5.53. The molecule has 54 heavy (non-hydrogen) atoms. The predicted octanol–water partition coefficient (Wildman–Crippen LogP) is 14.9. The van der Waals surface area contributed by atoms with E-state index < -0.39 is 0 Å². The lowest BCUT2D eigenvalue weighted by Crippen LogP contribution is -2.11. The lowest BCUT2D eigenvalue weighted by molar-refractivity contribution is 0.670. The molecule has 2 nitrogen and oxygen atoms in total. The van der Waals surface area contributed by atoms with Gasteiger partial charge in [-0.05, 0) is 86.6 Å². The molecule has 0 aliphatic carbocycles. The quantitative estimate of drug-likeness (QED) is 0.166. The Hall–Kier alpha value is -7.16. The van der Waals surface area contributed by atoms with Gasteiger partial charge in [0.1, 0.15) is 11.2 Å². The van der Waals surface area contributed by atoms with Gasteiger partial charge in [-0.3, -0.25) is 0 Å². The molecule has 1 aromatic heterocycles. The van der Waals surface area contributed by atoms with Crippen molar-refractivity contribution in [3.05, 3.63) is 212 Å². The molecule has 0 saturated heterocycles. The molecule has 10 rings (SSSR count). The average Bonchev–Trinajstić information content (AvgIpc) is 3.65. The van der Waals surface area contributed by atoms with Crippen molar-refractivity contribution in [1.82, 2.24) is 0 Å². The van der Waals surface area contributed by atoms with E-state index >= 15 is 0 Å². The third-order valence-electron chi connectivity index (χ3n) is 10.5. The second kappa shape index (κ2) is 13.4. The van der Waals surface area contributed by atoms with E-state index in [9.17, 15) is 0 Å². The van der Waals surface area contributed by atoms with Gasteiger partial charge in [-0.25, -0.2) is 0 Å². The minimum atomic E-state index is 0.868. The molecule has 0 unspecified atom stereocenters. The van der Waals surface area contributed by atoms with E-state index in [0.717, 1.165) is 61.3 Å². The van der Waals surface area contributed by atoms with Gasteiger partial charge in [-0.15, -0.1) is 0 Å². The molecule has 9 aromatic carbocycles. The van der Waals surface area contributed by atoms with E-state index in [-0.39, 0.29) is 0 Å². The summed E-state index contributed by atoms with van der Waals surface area (Å²) >= 11 is 0. The Labute approximate surface area is 314 Å². The van der Waals surface area contributed by atoms with E-state index in [0.29, 0.717) is 0 Å². The average molecular weight is 690 g/mol. The Balaban J connectivity index is 1.21. The first-order valence-electron chi connectivity index (χ1n) is 18.4. The van der Waals surface area contributed by atoms with E-state index in [1.807, 2.05) is 6.07 Å². The maximum absolute atomic E-state index is 6.77. The van der Waals surface area contributed by atoms with Crippen molar-refractivity contribution in [3.8, 4) is 44.5 Å². The Morgan fingerprint density at radius 2 is 0.926 bits per heavy atom. The minimum Gasteiger partial charge on any atom is -0.455 e. The maximum atomic E-state index is 6.77. The van der Waals surface area contributed by atoms with Gasteiger partial charge in [-0.1, -0.05) is 170 Å². The summed E-state index contributed by atoms with van der Waals surface area (Å²) in [6.45, 7) is 0. The minimum absolute atomic E-state index is 0.868. The first-order chi connectivity index (χ1) is 26.8. The van der Waals surface area contributed by atoms with Crippen LogP contribution < -0.4 is 4.90 Å². The number of benzene rings is 9. The van der Waals surface area contributed by atoms with Crippen LogP contribution in [0.2, 0.25) is 0 Å². The van der Waals surface area contributed by atoms with Crippen LogP contribution in [0.15, 0.2) is 217 Å². The predicted molar refractivity (Wildman–Crippen MR) is 228 cm³/mol. The van der Waals surface area contributed by atoms with Gasteiger partial charge < -0.3 is 9.32 Å². The van der Waals surface area contributed by atoms with Crippen LogP contribution in [0, 0.1) is 0 Å². The summed E-state index contributed by atoms with van der Waals surface area (Å²) in [6.07, 6.45) is 0. The number of para-hydroxylation sites is 2. The molecule has 0 N–H and O–H groups in total. The summed E-state index contributed by atoms with van der Waals surface area (Å²) < 4.78 is 6.77. The van der Waals surface area contributed by atoms with Crippen LogP contribution in [-0.2, 0) is 0 Å². The first kappa shape index (κ1) is 31.6. The van der Waals surface area contributed by atoms with E-state index in [1.165, 1.54) is 33.0 Å². The fourth-order valence-corrected chi connectivity index (χ4v) is 7.93. The zero-order chi connectivity index (χ0) is 35.8. The fourth-order valence-electron chi connectivity index (χ4n) is 7.93. The van der Waals surface area contributed by atoms with Crippen LogP contribution in [0.3, 0.4) is 0 Å². The van der Waals surface area contributed by atoms with Gasteiger partial charge in [0.15, 0.2) is 0 Å². The van der Waals surface area contributed by atoms with Crippen molar-refractivity contribution in [2.45, 2.75) is 0 Å². The SMILES string of the molecule is c1ccc(-c2cccc(-c3ccccc3N(c3ccc(-c4cccc5ccccc45)cc3)c3ccc(-c4ccccc4)c4oc5ccccc5c34)c2)cc1. The molecule has 0 fully saturated rings. The second-order valence-electron chi connectivity index (χ2n) is 13.7. The van der Waals surface area contributed by atoms with E-state index in [4.69, 9.17) is 4.42 Å². The third-order valence-corrected chi connectivity index (χ3v) is 10.5. The Morgan fingerprint density at radius 3 is 1.76 bits per heavy atom. The molecule has 0 radical (unpaired) electrons. The van der Waals surface area contributed by atoms with Crippen molar-refractivity contribution in [2.75, 3.05) is 4.90 Å². The Bertz CT molecular complexity index is 2920. The van der Waals surface area contributed by atoms with Crippen molar-refractivity contribution >= 4 is 49.8 Å². The highest BCUT2D eigenvalue weighted by Gasteiger charge is 2.24. The summed E-state index contributed by atoms with van der Waals surface area (Å²) in [5.74, 6) is 0. The monoisotopic (exact) mass is 689 g/mol. The summed E-state index contributed by atoms with van der Waals surface area (Å²) in [6, 6.07) is 75.8. The maximum Gasteiger partial charge on any atom is 0.145 e. The van der Waals surface area contributed by atoms with Crippen LogP contribution in [0.25, 0.3) is 77.2 Å². The lowest BCUT2D eigenvalue weighted by atomic mass is 9.95. The molecule has 2 heteroatoms. The van der Waals surface area contributed by atoms with E-state index in [2.05, 4.69) is 211 Å². The Morgan fingerprint density at radius 1 is 0.333 bits per heavy atom. The highest BCUT2D eigenvalue weighted by atomic mass is 16.3. The number of hydrogen-bond acceptors (Lipinski definition) is 2. The molecular weight excluding hydrogens is 655 g/mol. The molecule has 0 amide bonds. The van der Waals surface area contributed by atoms with Crippen LogP contribution in [0.4, 0.5) is 17.1 Å². The topological polar surface area (TPSA) is 16.4 Å². The van der Waals surface area contributed by atoms with Crippen LogP contribution in [0.5, 0.6) is 0 Å². The summed E-state index contributed by atoms with van der Waals surface area (Å²) in [7, 11) is 0. The smallest absolute Gasteiger partial charge is 0.145 e. The number of anilines is 3. The zero-order valence-electron chi connectivity index (χ0n) is 29.6. The molecular formula is C52H35NO. The first-order valence-corrected chi connectivity index (χ1v) is 18.4. The fraction of sp³-hybridized carbons (Fsp3) is 0. The number of fused-ring (bicyclic) bond motifs is 4. The molecule has 0 aliphatic heterocycles. The normalized spacial score (nSPS) is 11.3. The van der Waals surface area contributed by atoms with Crippen molar-refractivity contribution in [3.63, 3.8) is 0 Å². The highest BCUT2D eigenvalue weighted by molar-refractivity contribution is 6.17. The van der Waals surface area contributed by atoms with Gasteiger partial charge in [0, 0.05) is 22.2 Å². The van der Waals surface area contributed by atoms with E-state index in [1.54, 1.807) is 0 Å². The number of rotatable bonds is 7. The molecule has 0 atom stereocenters. The molecule has 0 aliphatic rings. The van der Waals surface area contributed by atoms with Crippen molar-refractivity contribution in [1.29, 1.82) is 0 Å². The van der Waals surface area contributed by atoms with Crippen molar-refractivity contribution in [2.24, 2.45) is 0 Å². The summed E-state index contributed by atoms with van der Waals surface area (Å²) in [4.78, 5) is 2.41.